The number of hydrogen-bond donors (Lipinski definition) is 1. The molecule has 0 saturated carbocycles. The van der Waals surface area contributed by atoms with Crippen molar-refractivity contribution in [3.63, 3.8) is 0 Å². The number of ether oxygens (including phenoxy) is 2. The summed E-state index contributed by atoms with van der Waals surface area (Å²) in [4.78, 5) is 11.8. The molecule has 3 rings (SSSR count). The minimum atomic E-state index is -0.977. The van der Waals surface area contributed by atoms with Gasteiger partial charge in [-0.3, -0.25) is 4.79 Å². The van der Waals surface area contributed by atoms with Crippen LogP contribution in [0.25, 0.3) is 0 Å². The van der Waals surface area contributed by atoms with Gasteiger partial charge in [0.1, 0.15) is 0 Å². The highest BCUT2D eigenvalue weighted by atomic mass is 16.7. The van der Waals surface area contributed by atoms with E-state index in [9.17, 15) is 9.90 Å². The van der Waals surface area contributed by atoms with Gasteiger partial charge < -0.3 is 14.6 Å². The van der Waals surface area contributed by atoms with Crippen molar-refractivity contribution in [2.75, 3.05) is 6.79 Å². The summed E-state index contributed by atoms with van der Waals surface area (Å²) in [5.74, 6) is 0.537. The Bertz CT molecular complexity index is 666. The first kappa shape index (κ1) is 13.5. The quantitative estimate of drug-likeness (QED) is 0.937. The predicted octanol–water partition coefficient (Wildman–Crippen LogP) is 3.00. The Morgan fingerprint density at radius 2 is 1.86 bits per heavy atom. The Labute approximate surface area is 122 Å². The SMILES string of the molecule is CC(Cc1ccc2c(c1)OCO2)(C(=O)O)c1ccccc1. The van der Waals surface area contributed by atoms with Gasteiger partial charge in [-0.25, -0.2) is 0 Å². The third-order valence-electron chi connectivity index (χ3n) is 3.88. The zero-order valence-corrected chi connectivity index (χ0v) is 11.7. The molecule has 0 radical (unpaired) electrons. The van der Waals surface area contributed by atoms with Crippen molar-refractivity contribution in [1.29, 1.82) is 0 Å². The van der Waals surface area contributed by atoms with E-state index in [1.165, 1.54) is 0 Å². The van der Waals surface area contributed by atoms with Gasteiger partial charge in [0.25, 0.3) is 0 Å². The Kier molecular flexibility index (Phi) is 3.29. The number of rotatable bonds is 4. The van der Waals surface area contributed by atoms with Crippen molar-refractivity contribution in [2.24, 2.45) is 0 Å². The highest BCUT2D eigenvalue weighted by Gasteiger charge is 2.35. The van der Waals surface area contributed by atoms with Crippen LogP contribution in [0.2, 0.25) is 0 Å². The third-order valence-corrected chi connectivity index (χ3v) is 3.88. The van der Waals surface area contributed by atoms with Crippen LogP contribution in [0.1, 0.15) is 18.1 Å². The van der Waals surface area contributed by atoms with Crippen LogP contribution in [-0.4, -0.2) is 17.9 Å². The van der Waals surface area contributed by atoms with Gasteiger partial charge in [-0.15, -0.1) is 0 Å². The normalized spacial score (nSPS) is 15.5. The summed E-state index contributed by atoms with van der Waals surface area (Å²) in [6.45, 7) is 1.96. The molecule has 1 unspecified atom stereocenters. The highest BCUT2D eigenvalue weighted by Crippen LogP contribution is 2.35. The molecule has 1 heterocycles. The van der Waals surface area contributed by atoms with Crippen molar-refractivity contribution >= 4 is 5.97 Å². The smallest absolute Gasteiger partial charge is 0.314 e. The molecule has 4 heteroatoms. The summed E-state index contributed by atoms with van der Waals surface area (Å²) in [6.07, 6.45) is 0.392. The van der Waals surface area contributed by atoms with Crippen molar-refractivity contribution in [3.05, 3.63) is 59.7 Å². The first-order valence-electron chi connectivity index (χ1n) is 6.77. The van der Waals surface area contributed by atoms with Gasteiger partial charge in [0, 0.05) is 0 Å². The van der Waals surface area contributed by atoms with E-state index in [0.29, 0.717) is 17.9 Å². The summed E-state index contributed by atoms with van der Waals surface area (Å²) in [7, 11) is 0. The topological polar surface area (TPSA) is 55.8 Å². The van der Waals surface area contributed by atoms with E-state index in [-0.39, 0.29) is 6.79 Å². The molecule has 21 heavy (non-hydrogen) atoms. The second-order valence-electron chi connectivity index (χ2n) is 5.37. The van der Waals surface area contributed by atoms with Crippen molar-refractivity contribution in [3.8, 4) is 11.5 Å². The Hall–Kier alpha value is -2.49. The number of benzene rings is 2. The van der Waals surface area contributed by atoms with E-state index in [4.69, 9.17) is 9.47 Å². The van der Waals surface area contributed by atoms with Gasteiger partial charge in [-0.1, -0.05) is 36.4 Å². The van der Waals surface area contributed by atoms with Gasteiger partial charge in [0.15, 0.2) is 11.5 Å². The molecule has 1 aliphatic heterocycles. The maximum atomic E-state index is 11.8. The molecule has 108 valence electrons. The van der Waals surface area contributed by atoms with Gasteiger partial charge in [-0.05, 0) is 36.6 Å². The van der Waals surface area contributed by atoms with Crippen LogP contribution in [0.15, 0.2) is 48.5 Å². The number of carboxylic acid groups (broad SMARTS) is 1. The second kappa shape index (κ2) is 5.13. The van der Waals surface area contributed by atoms with Crippen LogP contribution >= 0.6 is 0 Å². The van der Waals surface area contributed by atoms with E-state index in [1.807, 2.05) is 48.5 Å². The van der Waals surface area contributed by atoms with Crippen molar-refractivity contribution < 1.29 is 19.4 Å². The fraction of sp³-hybridized carbons (Fsp3) is 0.235. The summed E-state index contributed by atoms with van der Waals surface area (Å²) < 4.78 is 10.6. The number of hydrogen-bond acceptors (Lipinski definition) is 3. The monoisotopic (exact) mass is 284 g/mol. The van der Waals surface area contributed by atoms with Gasteiger partial charge in [0.05, 0.1) is 5.41 Å². The molecule has 0 fully saturated rings. The summed E-state index contributed by atoms with van der Waals surface area (Å²) in [5.41, 5.74) is 0.720. The fourth-order valence-electron chi connectivity index (χ4n) is 2.57. The highest BCUT2D eigenvalue weighted by molar-refractivity contribution is 5.81. The second-order valence-corrected chi connectivity index (χ2v) is 5.37. The molecule has 0 bridgehead atoms. The molecule has 0 amide bonds. The lowest BCUT2D eigenvalue weighted by molar-refractivity contribution is -0.143. The average molecular weight is 284 g/mol. The van der Waals surface area contributed by atoms with E-state index >= 15 is 0 Å². The molecule has 1 aliphatic rings. The van der Waals surface area contributed by atoms with Crippen LogP contribution < -0.4 is 9.47 Å². The van der Waals surface area contributed by atoms with E-state index in [2.05, 4.69) is 0 Å². The molecule has 2 aromatic rings. The van der Waals surface area contributed by atoms with Crippen molar-refractivity contribution in [2.45, 2.75) is 18.8 Å². The first-order chi connectivity index (χ1) is 10.1. The molecule has 2 aromatic carbocycles. The minimum Gasteiger partial charge on any atom is -0.481 e. The lowest BCUT2D eigenvalue weighted by atomic mass is 9.77. The molecule has 1 atom stereocenters. The standard InChI is InChI=1S/C17H16O4/c1-17(16(18)19,13-5-3-2-4-6-13)10-12-7-8-14-15(9-12)21-11-20-14/h2-9H,10-11H2,1H3,(H,18,19). The van der Waals surface area contributed by atoms with E-state index in [1.54, 1.807) is 6.92 Å². The largest absolute Gasteiger partial charge is 0.481 e. The molecular weight excluding hydrogens is 268 g/mol. The number of fused-ring (bicyclic) bond motifs is 1. The van der Waals surface area contributed by atoms with Crippen molar-refractivity contribution in [1.82, 2.24) is 0 Å². The van der Waals surface area contributed by atoms with Gasteiger partial charge in [-0.2, -0.15) is 0 Å². The van der Waals surface area contributed by atoms with Gasteiger partial charge in [0.2, 0.25) is 6.79 Å². The first-order valence-corrected chi connectivity index (χ1v) is 6.77. The Balaban J connectivity index is 1.94. The number of aliphatic carboxylic acids is 1. The predicted molar refractivity (Wildman–Crippen MR) is 77.7 cm³/mol. The molecule has 0 spiro atoms. The molecular formula is C17H16O4. The summed E-state index contributed by atoms with van der Waals surface area (Å²) in [5, 5.41) is 9.68. The Morgan fingerprint density at radius 1 is 1.14 bits per heavy atom. The van der Waals surface area contributed by atoms with E-state index in [0.717, 1.165) is 11.1 Å². The third kappa shape index (κ3) is 2.44. The minimum absolute atomic E-state index is 0.216. The lowest BCUT2D eigenvalue weighted by Gasteiger charge is -2.25. The molecule has 4 nitrogen and oxygen atoms in total. The van der Waals surface area contributed by atoms with Crippen LogP contribution in [0.4, 0.5) is 0 Å². The van der Waals surface area contributed by atoms with Crippen LogP contribution in [-0.2, 0) is 16.6 Å². The zero-order valence-electron chi connectivity index (χ0n) is 11.7. The van der Waals surface area contributed by atoms with E-state index < -0.39 is 11.4 Å². The maximum Gasteiger partial charge on any atom is 0.314 e. The summed E-state index contributed by atoms with van der Waals surface area (Å²) in [6, 6.07) is 14.9. The number of carbonyl (C=O) groups is 1. The van der Waals surface area contributed by atoms with Crippen LogP contribution in [0.3, 0.4) is 0 Å². The molecule has 0 saturated heterocycles. The average Bonchev–Trinajstić information content (AvgIpc) is 2.95. The maximum absolute atomic E-state index is 11.8. The van der Waals surface area contributed by atoms with Gasteiger partial charge >= 0.3 is 5.97 Å². The molecule has 0 aliphatic carbocycles. The summed E-state index contributed by atoms with van der Waals surface area (Å²) >= 11 is 0. The Morgan fingerprint density at radius 3 is 2.57 bits per heavy atom. The number of carboxylic acids is 1. The lowest BCUT2D eigenvalue weighted by Crippen LogP contribution is -2.34. The zero-order chi connectivity index (χ0) is 14.9. The molecule has 0 aromatic heterocycles. The fourth-order valence-corrected chi connectivity index (χ4v) is 2.57. The van der Waals surface area contributed by atoms with Crippen LogP contribution in [0.5, 0.6) is 11.5 Å². The van der Waals surface area contributed by atoms with Crippen LogP contribution in [0, 0.1) is 0 Å². The molecule has 1 N–H and O–H groups in total.